The molecule has 19 heavy (non-hydrogen) atoms. The van der Waals surface area contributed by atoms with Crippen molar-refractivity contribution < 1.29 is 8.78 Å². The average Bonchev–Trinajstić information content (AvgIpc) is 2.38. The smallest absolute Gasteiger partial charge is 0.126 e. The molecule has 1 atom stereocenters. The predicted octanol–water partition coefficient (Wildman–Crippen LogP) is 2.65. The fraction of sp³-hybridized carbons (Fsp3) is 0.286. The van der Waals surface area contributed by atoms with Crippen LogP contribution in [0, 0.1) is 11.6 Å². The number of hydrogen-bond donors (Lipinski definition) is 1. The average molecular weight is 263 g/mol. The molecule has 0 aliphatic heterocycles. The van der Waals surface area contributed by atoms with Crippen LogP contribution in [0.2, 0.25) is 0 Å². The van der Waals surface area contributed by atoms with Gasteiger partial charge in [-0.2, -0.15) is 10.2 Å². The van der Waals surface area contributed by atoms with Gasteiger partial charge in [0.25, 0.3) is 0 Å². The molecule has 0 aliphatic rings. The van der Waals surface area contributed by atoms with Gasteiger partial charge in [-0.25, -0.2) is 8.78 Å². The Labute approximate surface area is 110 Å². The Hall–Kier alpha value is -1.88. The Morgan fingerprint density at radius 3 is 2.47 bits per heavy atom. The minimum Gasteiger partial charge on any atom is -0.310 e. The lowest BCUT2D eigenvalue weighted by atomic mass is 10.0. The minimum atomic E-state index is -0.557. The Morgan fingerprint density at radius 2 is 1.89 bits per heavy atom. The van der Waals surface area contributed by atoms with Crippen LogP contribution in [-0.2, 0) is 6.42 Å². The lowest BCUT2D eigenvalue weighted by molar-refractivity contribution is 0.536. The number of rotatable bonds is 5. The molecule has 0 saturated carbocycles. The van der Waals surface area contributed by atoms with Crippen molar-refractivity contribution in [3.8, 4) is 0 Å². The highest BCUT2D eigenvalue weighted by molar-refractivity contribution is 5.22. The van der Waals surface area contributed by atoms with E-state index in [-0.39, 0.29) is 6.04 Å². The summed E-state index contributed by atoms with van der Waals surface area (Å²) in [6.07, 6.45) is 3.75. The molecule has 0 saturated heterocycles. The lowest BCUT2D eigenvalue weighted by Gasteiger charge is -2.18. The summed E-state index contributed by atoms with van der Waals surface area (Å²) in [7, 11) is 0. The largest absolute Gasteiger partial charge is 0.310 e. The number of aromatic nitrogens is 2. The molecular formula is C14H15F2N3. The Morgan fingerprint density at radius 1 is 1.16 bits per heavy atom. The van der Waals surface area contributed by atoms with E-state index in [9.17, 15) is 8.78 Å². The summed E-state index contributed by atoms with van der Waals surface area (Å²) in [5.74, 6) is -1.11. The SMILES string of the molecule is CCNC(Cc1cc(F)cc(F)c1)c1ccnnc1. The van der Waals surface area contributed by atoms with E-state index in [0.29, 0.717) is 12.0 Å². The van der Waals surface area contributed by atoms with Gasteiger partial charge >= 0.3 is 0 Å². The third-order valence-corrected chi connectivity index (χ3v) is 2.82. The van der Waals surface area contributed by atoms with Crippen molar-refractivity contribution in [3.05, 3.63) is 59.4 Å². The number of benzene rings is 1. The first-order valence-corrected chi connectivity index (χ1v) is 6.14. The quantitative estimate of drug-likeness (QED) is 0.901. The van der Waals surface area contributed by atoms with E-state index in [1.165, 1.54) is 12.1 Å². The number of halogens is 2. The van der Waals surface area contributed by atoms with Gasteiger partial charge in [-0.1, -0.05) is 6.92 Å². The summed E-state index contributed by atoms with van der Waals surface area (Å²) in [6, 6.07) is 5.38. The first kappa shape index (κ1) is 13.5. The van der Waals surface area contributed by atoms with Gasteiger partial charge in [0.1, 0.15) is 11.6 Å². The summed E-state index contributed by atoms with van der Waals surface area (Å²) >= 11 is 0. The summed E-state index contributed by atoms with van der Waals surface area (Å²) in [5.41, 5.74) is 1.56. The molecule has 3 nitrogen and oxygen atoms in total. The third-order valence-electron chi connectivity index (χ3n) is 2.82. The zero-order valence-corrected chi connectivity index (χ0v) is 10.6. The number of likely N-dealkylation sites (N-methyl/N-ethyl adjacent to an activating group) is 1. The van der Waals surface area contributed by atoms with E-state index in [2.05, 4.69) is 15.5 Å². The molecule has 0 radical (unpaired) electrons. The first-order chi connectivity index (χ1) is 9.19. The van der Waals surface area contributed by atoms with Crippen LogP contribution >= 0.6 is 0 Å². The van der Waals surface area contributed by atoms with E-state index in [1.807, 2.05) is 13.0 Å². The fourth-order valence-electron chi connectivity index (χ4n) is 2.03. The van der Waals surface area contributed by atoms with Crippen LogP contribution in [0.3, 0.4) is 0 Å². The van der Waals surface area contributed by atoms with E-state index in [4.69, 9.17) is 0 Å². The zero-order valence-electron chi connectivity index (χ0n) is 10.6. The first-order valence-electron chi connectivity index (χ1n) is 6.14. The summed E-state index contributed by atoms with van der Waals surface area (Å²) in [5, 5.41) is 10.8. The molecular weight excluding hydrogens is 248 g/mol. The second-order valence-corrected chi connectivity index (χ2v) is 4.27. The molecule has 2 rings (SSSR count). The van der Waals surface area contributed by atoms with Crippen LogP contribution in [0.25, 0.3) is 0 Å². The molecule has 1 N–H and O–H groups in total. The van der Waals surface area contributed by atoms with E-state index >= 15 is 0 Å². The molecule has 5 heteroatoms. The maximum absolute atomic E-state index is 13.2. The number of nitrogens with one attached hydrogen (secondary N) is 1. The second-order valence-electron chi connectivity index (χ2n) is 4.27. The van der Waals surface area contributed by atoms with Gasteiger partial charge in [-0.3, -0.25) is 0 Å². The highest BCUT2D eigenvalue weighted by atomic mass is 19.1. The molecule has 0 aliphatic carbocycles. The van der Waals surface area contributed by atoms with Gasteiger partial charge in [0.2, 0.25) is 0 Å². The van der Waals surface area contributed by atoms with Crippen molar-refractivity contribution in [2.24, 2.45) is 0 Å². The standard InChI is InChI=1S/C14H15F2N3/c1-2-17-14(11-3-4-18-19-9-11)7-10-5-12(15)8-13(16)6-10/h3-6,8-9,14,17H,2,7H2,1H3. The van der Waals surface area contributed by atoms with Crippen LogP contribution in [0.4, 0.5) is 8.78 Å². The van der Waals surface area contributed by atoms with Gasteiger partial charge < -0.3 is 5.32 Å². The van der Waals surface area contributed by atoms with Gasteiger partial charge in [0, 0.05) is 18.3 Å². The summed E-state index contributed by atoms with van der Waals surface area (Å²) in [4.78, 5) is 0. The molecule has 0 amide bonds. The molecule has 0 spiro atoms. The lowest BCUT2D eigenvalue weighted by Crippen LogP contribution is -2.23. The monoisotopic (exact) mass is 263 g/mol. The molecule has 0 bridgehead atoms. The maximum Gasteiger partial charge on any atom is 0.126 e. The second kappa shape index (κ2) is 6.33. The van der Waals surface area contributed by atoms with Crippen molar-refractivity contribution >= 4 is 0 Å². The molecule has 1 unspecified atom stereocenters. The van der Waals surface area contributed by atoms with Crippen molar-refractivity contribution in [1.82, 2.24) is 15.5 Å². The van der Waals surface area contributed by atoms with Crippen molar-refractivity contribution in [2.75, 3.05) is 6.54 Å². The number of hydrogen-bond acceptors (Lipinski definition) is 3. The molecule has 100 valence electrons. The van der Waals surface area contributed by atoms with Gasteiger partial charge in [0.15, 0.2) is 0 Å². The molecule has 0 fully saturated rings. The Bertz CT molecular complexity index is 511. The Kier molecular flexibility index (Phi) is 4.52. The normalized spacial score (nSPS) is 12.4. The van der Waals surface area contributed by atoms with Crippen LogP contribution in [0.1, 0.15) is 24.1 Å². The highest BCUT2D eigenvalue weighted by Crippen LogP contribution is 2.18. The van der Waals surface area contributed by atoms with Gasteiger partial charge in [-0.05, 0) is 42.3 Å². The molecule has 2 aromatic rings. The van der Waals surface area contributed by atoms with E-state index in [0.717, 1.165) is 18.2 Å². The van der Waals surface area contributed by atoms with Crippen LogP contribution in [0.5, 0.6) is 0 Å². The maximum atomic E-state index is 13.2. The third kappa shape index (κ3) is 3.79. The molecule has 1 aromatic carbocycles. The zero-order chi connectivity index (χ0) is 13.7. The Balaban J connectivity index is 2.21. The summed E-state index contributed by atoms with van der Waals surface area (Å²) < 4.78 is 26.4. The summed E-state index contributed by atoms with van der Waals surface area (Å²) in [6.45, 7) is 2.73. The highest BCUT2D eigenvalue weighted by Gasteiger charge is 2.12. The van der Waals surface area contributed by atoms with Crippen molar-refractivity contribution in [3.63, 3.8) is 0 Å². The van der Waals surface area contributed by atoms with Gasteiger partial charge in [-0.15, -0.1) is 0 Å². The predicted molar refractivity (Wildman–Crippen MR) is 68.5 cm³/mol. The van der Waals surface area contributed by atoms with Crippen molar-refractivity contribution in [1.29, 1.82) is 0 Å². The van der Waals surface area contributed by atoms with Crippen molar-refractivity contribution in [2.45, 2.75) is 19.4 Å². The molecule has 1 heterocycles. The minimum absolute atomic E-state index is 0.0401. The number of nitrogens with zero attached hydrogens (tertiary/aromatic N) is 2. The van der Waals surface area contributed by atoms with Gasteiger partial charge in [0.05, 0.1) is 6.20 Å². The van der Waals surface area contributed by atoms with Crippen LogP contribution < -0.4 is 5.32 Å². The topological polar surface area (TPSA) is 37.8 Å². The van der Waals surface area contributed by atoms with Crippen LogP contribution in [-0.4, -0.2) is 16.7 Å². The van der Waals surface area contributed by atoms with Crippen LogP contribution in [0.15, 0.2) is 36.7 Å². The van der Waals surface area contributed by atoms with E-state index < -0.39 is 11.6 Å². The fourth-order valence-corrected chi connectivity index (χ4v) is 2.03. The van der Waals surface area contributed by atoms with E-state index in [1.54, 1.807) is 12.4 Å². The molecule has 1 aromatic heterocycles.